The van der Waals surface area contributed by atoms with Crippen molar-refractivity contribution in [3.8, 4) is 5.75 Å². The Kier molecular flexibility index (Phi) is 6.67. The molecule has 0 bridgehead atoms. The number of carbonyl (C=O) groups is 2. The molecule has 2 aliphatic rings. The quantitative estimate of drug-likeness (QED) is 0.589. The minimum Gasteiger partial charge on any atom is -0.490 e. The molecule has 2 aromatic carbocycles. The number of rotatable bonds is 6. The van der Waals surface area contributed by atoms with Gasteiger partial charge in [0.15, 0.2) is 0 Å². The summed E-state index contributed by atoms with van der Waals surface area (Å²) in [7, 11) is 0. The minimum absolute atomic E-state index is 0.0127. The third kappa shape index (κ3) is 5.14. The third-order valence-electron chi connectivity index (χ3n) is 6.40. The Morgan fingerprint density at radius 2 is 1.66 bits per heavy atom. The summed E-state index contributed by atoms with van der Waals surface area (Å²) in [5, 5.41) is 10.9. The second kappa shape index (κ2) is 10.2. The van der Waals surface area contributed by atoms with Crippen LogP contribution in [0, 0.1) is 11.7 Å². The Morgan fingerprint density at radius 3 is 2.26 bits per heavy atom. The number of carbonyl (C=O) groups excluding carboxylic acids is 2. The van der Waals surface area contributed by atoms with E-state index in [1.165, 1.54) is 24.3 Å². The summed E-state index contributed by atoms with van der Waals surface area (Å²) in [6.07, 6.45) is 4.54. The van der Waals surface area contributed by atoms with E-state index in [1.54, 1.807) is 28.3 Å². The number of piperidine rings is 1. The summed E-state index contributed by atoms with van der Waals surface area (Å²) >= 11 is 0. The molecule has 3 aromatic rings. The zero-order chi connectivity index (χ0) is 24.2. The van der Waals surface area contributed by atoms with E-state index in [-0.39, 0.29) is 29.7 Å². The summed E-state index contributed by atoms with van der Waals surface area (Å²) in [6.45, 7) is 2.48. The van der Waals surface area contributed by atoms with Crippen molar-refractivity contribution in [1.82, 2.24) is 20.4 Å². The van der Waals surface area contributed by atoms with Gasteiger partial charge in [-0.05, 0) is 54.6 Å². The van der Waals surface area contributed by atoms with E-state index in [2.05, 4.69) is 15.5 Å². The average molecular weight is 476 g/mol. The van der Waals surface area contributed by atoms with Crippen LogP contribution in [-0.2, 0) is 4.79 Å². The molecule has 180 valence electrons. The summed E-state index contributed by atoms with van der Waals surface area (Å²) in [6, 6.07) is 14.9. The van der Waals surface area contributed by atoms with Gasteiger partial charge < -0.3 is 15.0 Å². The number of hydrogen-bond acceptors (Lipinski definition) is 6. The van der Waals surface area contributed by atoms with E-state index in [1.807, 2.05) is 24.3 Å². The molecule has 0 saturated carbocycles. The molecule has 2 fully saturated rings. The lowest BCUT2D eigenvalue weighted by Gasteiger charge is -2.33. The maximum absolute atomic E-state index is 13.1. The summed E-state index contributed by atoms with van der Waals surface area (Å²) in [5.41, 5.74) is 1.90. The van der Waals surface area contributed by atoms with Crippen molar-refractivity contribution >= 4 is 23.2 Å². The number of halogens is 1. The Morgan fingerprint density at radius 1 is 0.943 bits per heavy atom. The molecule has 0 aliphatic carbocycles. The number of benzene rings is 2. The fourth-order valence-corrected chi connectivity index (χ4v) is 4.28. The zero-order valence-corrected chi connectivity index (χ0v) is 19.1. The molecule has 0 spiro atoms. The highest BCUT2D eigenvalue weighted by Gasteiger charge is 2.31. The summed E-state index contributed by atoms with van der Waals surface area (Å²) in [4.78, 5) is 29.2. The van der Waals surface area contributed by atoms with Gasteiger partial charge in [-0.3, -0.25) is 14.5 Å². The van der Waals surface area contributed by atoms with E-state index in [0.717, 1.165) is 5.69 Å². The number of aromatic nitrogens is 2. The Hall–Kier alpha value is -3.85. The fourth-order valence-electron chi connectivity index (χ4n) is 4.28. The van der Waals surface area contributed by atoms with E-state index >= 15 is 0 Å². The molecule has 2 aliphatic heterocycles. The average Bonchev–Trinajstić information content (AvgIpc) is 2.85. The predicted octanol–water partition coefficient (Wildman–Crippen LogP) is 3.18. The maximum Gasteiger partial charge on any atom is 0.253 e. The van der Waals surface area contributed by atoms with Crippen LogP contribution >= 0.6 is 0 Å². The number of hydrogen-bond donors (Lipinski definition) is 1. The van der Waals surface area contributed by atoms with Crippen LogP contribution in [0.3, 0.4) is 0 Å². The smallest absolute Gasteiger partial charge is 0.253 e. The standard InChI is InChI=1S/C26H26FN5O3/c27-20-3-1-18(2-4-20)25(33)31-13-10-24(11-14-31)35-23-7-5-21(6-8-23)32(22-9-12-29-30-17-22)26(34)19-15-28-16-19/h1-9,12,17,19,24,28H,10-11,13-16H2. The van der Waals surface area contributed by atoms with Crippen molar-refractivity contribution in [2.75, 3.05) is 31.1 Å². The van der Waals surface area contributed by atoms with Gasteiger partial charge in [0, 0.05) is 50.3 Å². The second-order valence-corrected chi connectivity index (χ2v) is 8.74. The van der Waals surface area contributed by atoms with E-state index < -0.39 is 0 Å². The van der Waals surface area contributed by atoms with Gasteiger partial charge in [0.1, 0.15) is 17.7 Å². The molecule has 35 heavy (non-hydrogen) atoms. The van der Waals surface area contributed by atoms with Crippen molar-refractivity contribution in [2.24, 2.45) is 5.92 Å². The number of likely N-dealkylation sites (tertiary alicyclic amines) is 1. The van der Waals surface area contributed by atoms with Gasteiger partial charge in [0.05, 0.1) is 24.0 Å². The first kappa shape index (κ1) is 22.9. The van der Waals surface area contributed by atoms with Crippen LogP contribution in [0.25, 0.3) is 0 Å². The van der Waals surface area contributed by atoms with E-state index in [0.29, 0.717) is 56.0 Å². The molecule has 1 N–H and O–H groups in total. The monoisotopic (exact) mass is 475 g/mol. The minimum atomic E-state index is -0.357. The van der Waals surface area contributed by atoms with Gasteiger partial charge >= 0.3 is 0 Å². The SMILES string of the molecule is O=C(c1ccc(F)cc1)N1CCC(Oc2ccc(N(C(=O)C3CNC3)c3ccnnc3)cc2)CC1. The van der Waals surface area contributed by atoms with Crippen molar-refractivity contribution in [3.05, 3.63) is 78.4 Å². The van der Waals surface area contributed by atoms with Crippen LogP contribution < -0.4 is 15.0 Å². The molecule has 0 atom stereocenters. The third-order valence-corrected chi connectivity index (χ3v) is 6.40. The molecule has 3 heterocycles. The van der Waals surface area contributed by atoms with Crippen LogP contribution in [0.5, 0.6) is 5.75 Å². The lowest BCUT2D eigenvalue weighted by Crippen LogP contribution is -2.51. The number of ether oxygens (including phenoxy) is 1. The highest BCUT2D eigenvalue weighted by molar-refractivity contribution is 6.02. The Bertz CT molecular complexity index is 1160. The summed E-state index contributed by atoms with van der Waals surface area (Å²) < 4.78 is 19.3. The normalized spacial score (nSPS) is 16.4. The highest BCUT2D eigenvalue weighted by atomic mass is 19.1. The first-order chi connectivity index (χ1) is 17.1. The molecule has 5 rings (SSSR count). The first-order valence-electron chi connectivity index (χ1n) is 11.7. The zero-order valence-electron chi connectivity index (χ0n) is 19.1. The largest absolute Gasteiger partial charge is 0.490 e. The molecule has 1 aromatic heterocycles. The molecule has 2 saturated heterocycles. The first-order valence-corrected chi connectivity index (χ1v) is 11.7. The molecular formula is C26H26FN5O3. The molecule has 0 radical (unpaired) electrons. The number of anilines is 2. The molecule has 9 heteroatoms. The van der Waals surface area contributed by atoms with Crippen molar-refractivity contribution in [3.63, 3.8) is 0 Å². The predicted molar refractivity (Wildman–Crippen MR) is 128 cm³/mol. The van der Waals surface area contributed by atoms with Crippen LogP contribution in [0.2, 0.25) is 0 Å². The Balaban J connectivity index is 1.21. The lowest BCUT2D eigenvalue weighted by atomic mass is 10.0. The van der Waals surface area contributed by atoms with Crippen LogP contribution in [-0.4, -0.2) is 59.2 Å². The van der Waals surface area contributed by atoms with Crippen LogP contribution in [0.4, 0.5) is 15.8 Å². The van der Waals surface area contributed by atoms with Crippen molar-refractivity contribution < 1.29 is 18.7 Å². The van der Waals surface area contributed by atoms with Gasteiger partial charge in [-0.15, -0.1) is 0 Å². The van der Waals surface area contributed by atoms with Crippen molar-refractivity contribution in [2.45, 2.75) is 18.9 Å². The van der Waals surface area contributed by atoms with Gasteiger partial charge in [-0.2, -0.15) is 10.2 Å². The lowest BCUT2D eigenvalue weighted by molar-refractivity contribution is -0.123. The Labute approximate surface area is 202 Å². The second-order valence-electron chi connectivity index (χ2n) is 8.74. The van der Waals surface area contributed by atoms with E-state index in [4.69, 9.17) is 4.74 Å². The van der Waals surface area contributed by atoms with Gasteiger partial charge in [0.2, 0.25) is 5.91 Å². The molecule has 8 nitrogen and oxygen atoms in total. The molecular weight excluding hydrogens is 449 g/mol. The van der Waals surface area contributed by atoms with Gasteiger partial charge in [-0.1, -0.05) is 0 Å². The van der Waals surface area contributed by atoms with E-state index in [9.17, 15) is 14.0 Å². The fraction of sp³-hybridized carbons (Fsp3) is 0.308. The maximum atomic E-state index is 13.1. The molecule has 0 unspecified atom stereocenters. The summed E-state index contributed by atoms with van der Waals surface area (Å²) in [5.74, 6) is 0.211. The number of nitrogens with zero attached hydrogens (tertiary/aromatic N) is 4. The number of nitrogens with one attached hydrogen (secondary N) is 1. The van der Waals surface area contributed by atoms with Gasteiger partial charge in [0.25, 0.3) is 5.91 Å². The van der Waals surface area contributed by atoms with Crippen LogP contribution in [0.15, 0.2) is 67.0 Å². The number of amides is 2. The highest BCUT2D eigenvalue weighted by Crippen LogP contribution is 2.30. The topological polar surface area (TPSA) is 87.7 Å². The van der Waals surface area contributed by atoms with Crippen LogP contribution in [0.1, 0.15) is 23.2 Å². The molecule has 2 amide bonds. The van der Waals surface area contributed by atoms with Crippen molar-refractivity contribution in [1.29, 1.82) is 0 Å². The van der Waals surface area contributed by atoms with Gasteiger partial charge in [-0.25, -0.2) is 4.39 Å².